The van der Waals surface area contributed by atoms with E-state index in [0.717, 1.165) is 11.3 Å². The summed E-state index contributed by atoms with van der Waals surface area (Å²) in [6.45, 7) is 0. The molecular weight excluding hydrogens is 200 g/mol. The highest BCUT2D eigenvalue weighted by Crippen LogP contribution is 2.15. The fourth-order valence-corrected chi connectivity index (χ4v) is 1.26. The van der Waals surface area contributed by atoms with E-state index in [2.05, 4.69) is 9.97 Å². The maximum Gasteiger partial charge on any atom is 0.248 e. The average molecular weight is 207 g/mol. The lowest BCUT2D eigenvalue weighted by Crippen LogP contribution is -2.03. The zero-order chi connectivity index (χ0) is 9.97. The van der Waals surface area contributed by atoms with Crippen molar-refractivity contribution in [1.29, 1.82) is 0 Å². The van der Waals surface area contributed by atoms with E-state index in [9.17, 15) is 4.79 Å². The minimum atomic E-state index is -0.127. The molecule has 0 spiro atoms. The fraction of sp³-hybridized carbons (Fsp3) is 0. The van der Waals surface area contributed by atoms with Crippen LogP contribution in [0.15, 0.2) is 41.3 Å². The molecule has 0 aliphatic heterocycles. The van der Waals surface area contributed by atoms with Gasteiger partial charge in [0.15, 0.2) is 0 Å². The third kappa shape index (κ3) is 1.83. The molecule has 0 bridgehead atoms. The normalized spacial score (nSPS) is 10.1. The Labute approximate surface area is 85.4 Å². The first kappa shape index (κ1) is 8.97. The van der Waals surface area contributed by atoms with Gasteiger partial charge in [0.25, 0.3) is 0 Å². The molecule has 0 aliphatic rings. The molecule has 3 nitrogen and oxygen atoms in total. The molecule has 14 heavy (non-hydrogen) atoms. The molecule has 4 heteroatoms. The van der Waals surface area contributed by atoms with E-state index >= 15 is 0 Å². The largest absolute Gasteiger partial charge is 0.322 e. The van der Waals surface area contributed by atoms with Gasteiger partial charge in [0.1, 0.15) is 5.15 Å². The summed E-state index contributed by atoms with van der Waals surface area (Å²) in [7, 11) is 0. The monoisotopic (exact) mass is 206 g/mol. The lowest BCUT2D eigenvalue weighted by molar-refractivity contribution is 1.22. The van der Waals surface area contributed by atoms with Crippen LogP contribution in [0.25, 0.3) is 11.3 Å². The Hall–Kier alpha value is -1.61. The molecule has 1 N–H and O–H groups in total. The van der Waals surface area contributed by atoms with Gasteiger partial charge in [-0.15, -0.1) is 0 Å². The summed E-state index contributed by atoms with van der Waals surface area (Å²) in [6.07, 6.45) is 1.62. The zero-order valence-corrected chi connectivity index (χ0v) is 7.95. The van der Waals surface area contributed by atoms with E-state index < -0.39 is 0 Å². The molecule has 0 aromatic carbocycles. The second kappa shape index (κ2) is 3.64. The van der Waals surface area contributed by atoms with E-state index in [1.54, 1.807) is 24.4 Å². The van der Waals surface area contributed by atoms with Crippen LogP contribution in [-0.4, -0.2) is 9.97 Å². The van der Waals surface area contributed by atoms with Crippen LogP contribution in [0.2, 0.25) is 5.15 Å². The van der Waals surface area contributed by atoms with Gasteiger partial charge < -0.3 is 4.98 Å². The summed E-state index contributed by atoms with van der Waals surface area (Å²) in [5.74, 6) is 0. The summed E-state index contributed by atoms with van der Waals surface area (Å²) < 4.78 is 0. The Balaban J connectivity index is 2.50. The molecule has 2 aromatic heterocycles. The highest BCUT2D eigenvalue weighted by atomic mass is 35.5. The maximum absolute atomic E-state index is 11.0. The number of aromatic amines is 1. The Bertz CT molecular complexity index is 490. The van der Waals surface area contributed by atoms with Crippen LogP contribution in [0, 0.1) is 0 Å². The van der Waals surface area contributed by atoms with Crippen molar-refractivity contribution in [1.82, 2.24) is 9.97 Å². The molecular formula is C10H7ClN2O. The van der Waals surface area contributed by atoms with Gasteiger partial charge in [-0.1, -0.05) is 17.7 Å². The summed E-state index contributed by atoms with van der Waals surface area (Å²) in [4.78, 5) is 17.7. The quantitative estimate of drug-likeness (QED) is 0.727. The van der Waals surface area contributed by atoms with Crippen molar-refractivity contribution >= 4 is 11.6 Å². The number of halogens is 1. The van der Waals surface area contributed by atoms with Gasteiger partial charge in [0.2, 0.25) is 5.56 Å². The van der Waals surface area contributed by atoms with Crippen LogP contribution >= 0.6 is 11.6 Å². The first-order valence-electron chi connectivity index (χ1n) is 4.07. The van der Waals surface area contributed by atoms with Crippen LogP contribution in [0.4, 0.5) is 0 Å². The number of nitrogens with zero attached hydrogens (tertiary/aromatic N) is 1. The molecule has 2 rings (SSSR count). The molecule has 0 amide bonds. The van der Waals surface area contributed by atoms with Crippen molar-refractivity contribution in [2.24, 2.45) is 0 Å². The second-order valence-corrected chi connectivity index (χ2v) is 3.19. The van der Waals surface area contributed by atoms with Gasteiger partial charge in [-0.05, 0) is 18.2 Å². The predicted octanol–water partition coefficient (Wildman–Crippen LogP) is 2.09. The number of H-pyrrole nitrogens is 1. The van der Waals surface area contributed by atoms with E-state index in [4.69, 9.17) is 11.6 Å². The van der Waals surface area contributed by atoms with Crippen LogP contribution in [0.1, 0.15) is 0 Å². The molecule has 0 aliphatic carbocycles. The molecule has 2 heterocycles. The lowest BCUT2D eigenvalue weighted by atomic mass is 10.2. The second-order valence-electron chi connectivity index (χ2n) is 2.80. The predicted molar refractivity (Wildman–Crippen MR) is 55.3 cm³/mol. The van der Waals surface area contributed by atoms with E-state index in [1.807, 2.05) is 6.07 Å². The van der Waals surface area contributed by atoms with Gasteiger partial charge >= 0.3 is 0 Å². The molecule has 0 radical (unpaired) electrons. The summed E-state index contributed by atoms with van der Waals surface area (Å²) in [6, 6.07) is 8.46. The van der Waals surface area contributed by atoms with Gasteiger partial charge in [-0.3, -0.25) is 4.79 Å². The molecule has 0 fully saturated rings. The van der Waals surface area contributed by atoms with E-state index in [-0.39, 0.29) is 5.56 Å². The van der Waals surface area contributed by atoms with E-state index in [1.165, 1.54) is 6.07 Å². The van der Waals surface area contributed by atoms with Crippen LogP contribution < -0.4 is 5.56 Å². The lowest BCUT2D eigenvalue weighted by Gasteiger charge is -1.99. The third-order valence-electron chi connectivity index (χ3n) is 1.81. The standard InChI is InChI=1S/C10H7ClN2O/c11-9-5-4-7(6-12-9)8-2-1-3-10(14)13-8/h1-6H,(H,13,14). The Kier molecular flexibility index (Phi) is 2.33. The molecule has 0 unspecified atom stereocenters. The smallest absolute Gasteiger partial charge is 0.248 e. The van der Waals surface area contributed by atoms with Crippen molar-refractivity contribution in [3.05, 3.63) is 52.0 Å². The highest BCUT2D eigenvalue weighted by molar-refractivity contribution is 6.29. The van der Waals surface area contributed by atoms with E-state index in [0.29, 0.717) is 5.15 Å². The zero-order valence-electron chi connectivity index (χ0n) is 7.20. The Morgan fingerprint density at radius 2 is 2.07 bits per heavy atom. The van der Waals surface area contributed by atoms with Gasteiger partial charge in [0, 0.05) is 23.5 Å². The number of pyridine rings is 2. The number of nitrogens with one attached hydrogen (secondary N) is 1. The number of aromatic nitrogens is 2. The summed E-state index contributed by atoms with van der Waals surface area (Å²) >= 11 is 5.65. The number of hydrogen-bond donors (Lipinski definition) is 1. The molecule has 0 saturated heterocycles. The fourth-order valence-electron chi connectivity index (χ4n) is 1.15. The topological polar surface area (TPSA) is 45.8 Å². The SMILES string of the molecule is O=c1cccc(-c2ccc(Cl)nc2)[nH]1. The van der Waals surface area contributed by atoms with Gasteiger partial charge in [-0.2, -0.15) is 0 Å². The number of hydrogen-bond acceptors (Lipinski definition) is 2. The Morgan fingerprint density at radius 1 is 1.21 bits per heavy atom. The number of rotatable bonds is 1. The molecule has 0 saturated carbocycles. The van der Waals surface area contributed by atoms with Crippen molar-refractivity contribution < 1.29 is 0 Å². The van der Waals surface area contributed by atoms with Crippen LogP contribution in [0.3, 0.4) is 0 Å². The maximum atomic E-state index is 11.0. The first-order chi connectivity index (χ1) is 6.75. The highest BCUT2D eigenvalue weighted by Gasteiger charge is 1.97. The Morgan fingerprint density at radius 3 is 2.71 bits per heavy atom. The van der Waals surface area contributed by atoms with Crippen molar-refractivity contribution in [2.45, 2.75) is 0 Å². The van der Waals surface area contributed by atoms with Crippen LogP contribution in [0.5, 0.6) is 0 Å². The molecule has 0 atom stereocenters. The first-order valence-corrected chi connectivity index (χ1v) is 4.45. The summed E-state index contributed by atoms with van der Waals surface area (Å²) in [5.41, 5.74) is 1.45. The minimum Gasteiger partial charge on any atom is -0.322 e. The van der Waals surface area contributed by atoms with Crippen molar-refractivity contribution in [3.63, 3.8) is 0 Å². The summed E-state index contributed by atoms with van der Waals surface area (Å²) in [5, 5.41) is 0.437. The van der Waals surface area contributed by atoms with Crippen molar-refractivity contribution in [3.8, 4) is 11.3 Å². The minimum absolute atomic E-state index is 0.127. The average Bonchev–Trinajstić information content (AvgIpc) is 2.19. The third-order valence-corrected chi connectivity index (χ3v) is 2.03. The van der Waals surface area contributed by atoms with Crippen LogP contribution in [-0.2, 0) is 0 Å². The van der Waals surface area contributed by atoms with Crippen molar-refractivity contribution in [2.75, 3.05) is 0 Å². The van der Waals surface area contributed by atoms with Gasteiger partial charge in [0.05, 0.1) is 0 Å². The van der Waals surface area contributed by atoms with Gasteiger partial charge in [-0.25, -0.2) is 4.98 Å². The molecule has 70 valence electrons. The molecule has 2 aromatic rings.